The minimum Gasteiger partial charge on any atom is -0.780 e. The second kappa shape index (κ2) is 6.48. The third-order valence-electron chi connectivity index (χ3n) is 0.960. The lowest BCUT2D eigenvalue weighted by Crippen LogP contribution is -2.18. The molecule has 0 fully saturated rings. The van der Waals surface area contributed by atoms with Crippen LogP contribution >= 0.6 is 27.6 Å². The summed E-state index contributed by atoms with van der Waals surface area (Å²) in [5.74, 6) is 0.0424. The Hall–Kier alpha value is 0.0300. The summed E-state index contributed by atoms with van der Waals surface area (Å²) in [5, 5.41) is 0. The summed E-state index contributed by atoms with van der Waals surface area (Å²) >= 11 is 0. The first kappa shape index (κ1) is 15.5. The van der Waals surface area contributed by atoms with Crippen LogP contribution < -0.4 is 14.3 Å². The molecule has 0 aromatic heterocycles. The van der Waals surface area contributed by atoms with Crippen LogP contribution in [0.15, 0.2) is 30.3 Å². The molecule has 0 radical (unpaired) electrons. The fraction of sp³-hybridized carbons (Fsp3) is 0. The second-order valence-corrected chi connectivity index (χ2v) is 2.93. The molecule has 76 valence electrons. The van der Waals surface area contributed by atoms with E-state index in [-0.39, 0.29) is 25.5 Å². The van der Waals surface area contributed by atoms with E-state index in [9.17, 15) is 14.4 Å². The fourth-order valence-corrected chi connectivity index (χ4v) is 0.990. The lowest BCUT2D eigenvalue weighted by molar-refractivity contribution is -0.333. The Morgan fingerprint density at radius 3 is 1.92 bits per heavy atom. The average molecular weight is 242 g/mol. The Morgan fingerprint density at radius 2 is 1.54 bits per heavy atom. The van der Waals surface area contributed by atoms with Crippen LogP contribution in [0.5, 0.6) is 5.75 Å². The van der Waals surface area contributed by atoms with Gasteiger partial charge in [-0.3, -0.25) is 0 Å². The summed E-state index contributed by atoms with van der Waals surface area (Å²) in [6.07, 6.45) is 0. The SMILES string of the molecule is O=P([O-])([O-])Oc1ccccc1.[PH4+].[PH4+]. The van der Waals surface area contributed by atoms with E-state index in [0.29, 0.717) is 0 Å². The van der Waals surface area contributed by atoms with Crippen LogP contribution in [-0.4, -0.2) is 0 Å². The zero-order chi connectivity index (χ0) is 8.32. The van der Waals surface area contributed by atoms with Gasteiger partial charge in [0.2, 0.25) is 0 Å². The van der Waals surface area contributed by atoms with Crippen LogP contribution in [0.4, 0.5) is 0 Å². The summed E-state index contributed by atoms with van der Waals surface area (Å²) in [7, 11) is -4.89. The Balaban J connectivity index is 0. The van der Waals surface area contributed by atoms with Crippen molar-refractivity contribution in [3.05, 3.63) is 30.3 Å². The van der Waals surface area contributed by atoms with Gasteiger partial charge in [0, 0.05) is 0 Å². The van der Waals surface area contributed by atoms with E-state index in [1.54, 1.807) is 18.2 Å². The van der Waals surface area contributed by atoms with Crippen molar-refractivity contribution in [1.82, 2.24) is 0 Å². The number of phosphoric ester groups is 1. The summed E-state index contributed by atoms with van der Waals surface area (Å²) in [5.41, 5.74) is 0. The smallest absolute Gasteiger partial charge is 0.124 e. The molecule has 2 unspecified atom stereocenters. The molecule has 7 heteroatoms. The minimum absolute atomic E-state index is 0. The van der Waals surface area contributed by atoms with Crippen molar-refractivity contribution in [1.29, 1.82) is 0 Å². The molecule has 0 amide bonds. The normalized spacial score (nSPS) is 9.38. The molecule has 0 spiro atoms. The van der Waals surface area contributed by atoms with Crippen molar-refractivity contribution in [3.63, 3.8) is 0 Å². The molecule has 0 saturated heterocycles. The van der Waals surface area contributed by atoms with Gasteiger partial charge in [0.05, 0.1) is 0 Å². The van der Waals surface area contributed by atoms with Gasteiger partial charge in [-0.1, -0.05) is 18.2 Å². The summed E-state index contributed by atoms with van der Waals surface area (Å²) in [6.45, 7) is 0. The number of rotatable bonds is 2. The van der Waals surface area contributed by atoms with Gasteiger partial charge in [0.15, 0.2) is 0 Å². The molecule has 0 saturated carbocycles. The number of hydrogen-bond donors (Lipinski definition) is 0. The number of hydrogen-bond acceptors (Lipinski definition) is 4. The lowest BCUT2D eigenvalue weighted by Gasteiger charge is -2.28. The zero-order valence-electron chi connectivity index (χ0n) is 7.47. The highest BCUT2D eigenvalue weighted by atomic mass is 31.2. The van der Waals surface area contributed by atoms with Crippen LogP contribution in [0.25, 0.3) is 0 Å². The number of phosphoric acid groups is 1. The second-order valence-electron chi connectivity index (χ2n) is 1.85. The molecule has 0 aliphatic carbocycles. The molecule has 0 N–H and O–H groups in total. The van der Waals surface area contributed by atoms with E-state index in [1.807, 2.05) is 0 Å². The van der Waals surface area contributed by atoms with Gasteiger partial charge < -0.3 is 18.9 Å². The highest BCUT2D eigenvalue weighted by Crippen LogP contribution is 2.28. The number of benzene rings is 1. The van der Waals surface area contributed by atoms with Gasteiger partial charge in [-0.15, -0.1) is 0 Å². The molecule has 1 aromatic carbocycles. The van der Waals surface area contributed by atoms with Crippen LogP contribution in [0, 0.1) is 0 Å². The van der Waals surface area contributed by atoms with Gasteiger partial charge in [0.1, 0.15) is 13.6 Å². The Kier molecular flexibility index (Phi) is 7.72. The van der Waals surface area contributed by atoms with E-state index in [4.69, 9.17) is 0 Å². The van der Waals surface area contributed by atoms with Crippen molar-refractivity contribution in [3.8, 4) is 5.75 Å². The molecular formula is C6H13O4P3. The first-order chi connectivity index (χ1) is 5.08. The van der Waals surface area contributed by atoms with E-state index in [0.717, 1.165) is 0 Å². The van der Waals surface area contributed by atoms with Crippen molar-refractivity contribution >= 4 is 27.6 Å². The van der Waals surface area contributed by atoms with Crippen LogP contribution in [0.2, 0.25) is 0 Å². The van der Waals surface area contributed by atoms with Crippen LogP contribution in [-0.2, 0) is 4.57 Å². The van der Waals surface area contributed by atoms with Gasteiger partial charge in [-0.25, -0.2) is 0 Å². The van der Waals surface area contributed by atoms with E-state index >= 15 is 0 Å². The molecule has 1 rings (SSSR count). The quantitative estimate of drug-likeness (QED) is 0.654. The molecule has 2 atom stereocenters. The molecule has 0 bridgehead atoms. The first-order valence-electron chi connectivity index (χ1n) is 2.85. The van der Waals surface area contributed by atoms with E-state index in [1.165, 1.54) is 12.1 Å². The average Bonchev–Trinajstić information content (AvgIpc) is 1.85. The Morgan fingerprint density at radius 1 is 1.08 bits per heavy atom. The van der Waals surface area contributed by atoms with E-state index < -0.39 is 7.82 Å². The largest absolute Gasteiger partial charge is 0.780 e. The van der Waals surface area contributed by atoms with E-state index in [2.05, 4.69) is 4.52 Å². The Bertz CT molecular complexity index is 270. The van der Waals surface area contributed by atoms with Crippen molar-refractivity contribution in [2.45, 2.75) is 0 Å². The summed E-state index contributed by atoms with van der Waals surface area (Å²) < 4.78 is 14.1. The Labute approximate surface area is 83.2 Å². The van der Waals surface area contributed by atoms with Crippen LogP contribution in [0.1, 0.15) is 0 Å². The monoisotopic (exact) mass is 242 g/mol. The third kappa shape index (κ3) is 7.13. The van der Waals surface area contributed by atoms with Gasteiger partial charge >= 0.3 is 0 Å². The third-order valence-corrected chi connectivity index (χ3v) is 1.39. The molecule has 13 heavy (non-hydrogen) atoms. The molecule has 0 heterocycles. The predicted molar refractivity (Wildman–Crippen MR) is 59.7 cm³/mol. The minimum atomic E-state index is -4.89. The van der Waals surface area contributed by atoms with Gasteiger partial charge in [0.25, 0.3) is 0 Å². The summed E-state index contributed by atoms with van der Waals surface area (Å²) in [4.78, 5) is 20.1. The van der Waals surface area contributed by atoms with Crippen molar-refractivity contribution in [2.24, 2.45) is 0 Å². The van der Waals surface area contributed by atoms with Gasteiger partial charge in [-0.2, -0.15) is 0 Å². The molecular weight excluding hydrogens is 229 g/mol. The fourth-order valence-electron chi connectivity index (χ4n) is 0.610. The number of para-hydroxylation sites is 1. The lowest BCUT2D eigenvalue weighted by atomic mass is 10.3. The highest BCUT2D eigenvalue weighted by molar-refractivity contribution is 7.43. The van der Waals surface area contributed by atoms with Crippen LogP contribution in [0.3, 0.4) is 0 Å². The van der Waals surface area contributed by atoms with Gasteiger partial charge in [-0.05, 0) is 31.9 Å². The molecule has 0 aliphatic rings. The highest BCUT2D eigenvalue weighted by Gasteiger charge is 1.92. The standard InChI is InChI=1S/C6H7O4P.2H3P/c7-11(8,9)10-6-4-2-1-3-5-6;;/h1-5H,(H2,7,8,9);2*1H3. The summed E-state index contributed by atoms with van der Waals surface area (Å²) in [6, 6.07) is 7.62. The van der Waals surface area contributed by atoms with Crippen molar-refractivity contribution in [2.75, 3.05) is 0 Å². The predicted octanol–water partition coefficient (Wildman–Crippen LogP) is -0.525. The topological polar surface area (TPSA) is 72.4 Å². The maximum atomic E-state index is 10.1. The zero-order valence-corrected chi connectivity index (χ0v) is 12.4. The maximum Gasteiger partial charge on any atom is 0.124 e. The maximum absolute atomic E-state index is 10.1. The van der Waals surface area contributed by atoms with Crippen molar-refractivity contribution < 1.29 is 18.9 Å². The molecule has 1 aromatic rings. The molecule has 4 nitrogen and oxygen atoms in total. The first-order valence-corrected chi connectivity index (χ1v) is 4.31. The molecule has 0 aliphatic heterocycles.